The van der Waals surface area contributed by atoms with Gasteiger partial charge in [0.15, 0.2) is 0 Å². The number of hydrogen-bond donors (Lipinski definition) is 1. The normalized spacial score (nSPS) is 41.4. The van der Waals surface area contributed by atoms with E-state index in [4.69, 9.17) is 0 Å². The van der Waals surface area contributed by atoms with Crippen molar-refractivity contribution in [3.63, 3.8) is 0 Å². The van der Waals surface area contributed by atoms with E-state index in [1.807, 2.05) is 0 Å². The van der Waals surface area contributed by atoms with Crippen molar-refractivity contribution in [2.75, 3.05) is 0 Å². The molecule has 0 saturated heterocycles. The predicted octanol–water partition coefficient (Wildman–Crippen LogP) is 4.16. The van der Waals surface area contributed by atoms with Gasteiger partial charge in [0.05, 0.1) is 0 Å². The molecule has 6 atom stereocenters. The molecule has 0 heterocycles. The molecule has 1 aromatic carbocycles. The molecule has 1 aromatic rings. The molecule has 0 spiro atoms. The van der Waals surface area contributed by atoms with Crippen LogP contribution in [0, 0.1) is 23.7 Å². The summed E-state index contributed by atoms with van der Waals surface area (Å²) in [5.41, 5.74) is 1.44. The Hall–Kier alpha value is -0.820. The van der Waals surface area contributed by atoms with Gasteiger partial charge in [0.25, 0.3) is 0 Å². The van der Waals surface area contributed by atoms with Crippen LogP contribution in [-0.4, -0.2) is 6.04 Å². The molecule has 4 rings (SSSR count). The van der Waals surface area contributed by atoms with Crippen molar-refractivity contribution in [2.45, 2.75) is 51.1 Å². The van der Waals surface area contributed by atoms with Crippen molar-refractivity contribution in [3.05, 3.63) is 35.9 Å². The Kier molecular flexibility index (Phi) is 2.91. The van der Waals surface area contributed by atoms with E-state index < -0.39 is 0 Å². The molecule has 5 unspecified atom stereocenters. The minimum absolute atomic E-state index is 0.505. The Morgan fingerprint density at radius 1 is 1.00 bits per heavy atom. The second kappa shape index (κ2) is 4.63. The summed E-state index contributed by atoms with van der Waals surface area (Å²) in [6.45, 7) is 2.33. The summed E-state index contributed by atoms with van der Waals surface area (Å²) in [4.78, 5) is 0. The topological polar surface area (TPSA) is 12.0 Å². The summed E-state index contributed by atoms with van der Waals surface area (Å²) in [5.74, 6) is 4.22. The van der Waals surface area contributed by atoms with E-state index in [2.05, 4.69) is 42.6 Å². The third-order valence-electron chi connectivity index (χ3n) is 6.19. The van der Waals surface area contributed by atoms with Crippen LogP contribution in [0.2, 0.25) is 0 Å². The first-order valence-electron chi connectivity index (χ1n) is 8.14. The zero-order valence-electron chi connectivity index (χ0n) is 11.9. The van der Waals surface area contributed by atoms with Gasteiger partial charge in [-0.1, -0.05) is 36.8 Å². The van der Waals surface area contributed by atoms with E-state index in [1.54, 1.807) is 0 Å². The fraction of sp³-hybridized carbons (Fsp3) is 0.667. The molecule has 0 aromatic heterocycles. The van der Waals surface area contributed by atoms with Crippen LogP contribution in [-0.2, 0) is 0 Å². The van der Waals surface area contributed by atoms with Gasteiger partial charge in [-0.05, 0) is 61.8 Å². The van der Waals surface area contributed by atoms with E-state index in [0.29, 0.717) is 6.04 Å². The van der Waals surface area contributed by atoms with Crippen molar-refractivity contribution in [2.24, 2.45) is 23.7 Å². The SMILES string of the molecule is C[C@H](NC1CC2CC1C1CCCC21)c1ccccc1. The van der Waals surface area contributed by atoms with Crippen molar-refractivity contribution < 1.29 is 0 Å². The highest BCUT2D eigenvalue weighted by Crippen LogP contribution is 2.58. The van der Waals surface area contributed by atoms with Crippen LogP contribution in [0.1, 0.15) is 50.6 Å². The van der Waals surface area contributed by atoms with Crippen molar-refractivity contribution in [3.8, 4) is 0 Å². The molecule has 0 amide bonds. The van der Waals surface area contributed by atoms with Crippen LogP contribution >= 0.6 is 0 Å². The number of fused-ring (bicyclic) bond motifs is 5. The number of nitrogens with one attached hydrogen (secondary N) is 1. The van der Waals surface area contributed by atoms with Crippen LogP contribution in [0.3, 0.4) is 0 Å². The predicted molar refractivity (Wildman–Crippen MR) is 78.8 cm³/mol. The second-order valence-electron chi connectivity index (χ2n) is 7.06. The first-order valence-corrected chi connectivity index (χ1v) is 8.14. The molecule has 0 aliphatic heterocycles. The Labute approximate surface area is 116 Å². The molecular weight excluding hydrogens is 230 g/mol. The maximum atomic E-state index is 3.94. The number of hydrogen-bond acceptors (Lipinski definition) is 1. The molecule has 19 heavy (non-hydrogen) atoms. The van der Waals surface area contributed by atoms with Crippen molar-refractivity contribution >= 4 is 0 Å². The first-order chi connectivity index (χ1) is 9.33. The summed E-state index contributed by atoms with van der Waals surface area (Å²) >= 11 is 0. The van der Waals surface area contributed by atoms with Crippen LogP contribution in [0.25, 0.3) is 0 Å². The van der Waals surface area contributed by atoms with E-state index in [9.17, 15) is 0 Å². The largest absolute Gasteiger partial charge is 0.307 e. The standard InChI is InChI=1S/C18H25N/c1-12(13-6-3-2-4-7-13)19-18-11-14-10-17(18)16-9-5-8-15(14)16/h2-4,6-7,12,14-19H,5,8-11H2,1H3/t12-,14?,15?,16?,17?,18?/m0/s1. The van der Waals surface area contributed by atoms with Crippen LogP contribution in [0.15, 0.2) is 30.3 Å². The highest BCUT2D eigenvalue weighted by Gasteiger charge is 2.53. The highest BCUT2D eigenvalue weighted by atomic mass is 15.0. The zero-order valence-corrected chi connectivity index (χ0v) is 11.9. The van der Waals surface area contributed by atoms with Gasteiger partial charge in [-0.2, -0.15) is 0 Å². The highest BCUT2D eigenvalue weighted by molar-refractivity contribution is 5.19. The molecule has 3 fully saturated rings. The average Bonchev–Trinajstić information content (AvgIpc) is 3.11. The zero-order chi connectivity index (χ0) is 12.8. The minimum Gasteiger partial charge on any atom is -0.307 e. The maximum absolute atomic E-state index is 3.94. The Balaban J connectivity index is 1.45. The molecule has 0 radical (unpaired) electrons. The van der Waals surface area contributed by atoms with Gasteiger partial charge in [-0.25, -0.2) is 0 Å². The minimum atomic E-state index is 0.505. The molecule has 102 valence electrons. The molecule has 3 aliphatic carbocycles. The summed E-state index contributed by atoms with van der Waals surface area (Å²) in [6, 6.07) is 12.2. The van der Waals surface area contributed by atoms with Gasteiger partial charge in [0, 0.05) is 12.1 Å². The summed E-state index contributed by atoms with van der Waals surface area (Å²) < 4.78 is 0. The molecule has 1 N–H and O–H groups in total. The van der Waals surface area contributed by atoms with Crippen molar-refractivity contribution in [1.29, 1.82) is 0 Å². The fourth-order valence-electron chi connectivity index (χ4n) is 5.42. The van der Waals surface area contributed by atoms with Crippen LogP contribution < -0.4 is 5.32 Å². The Morgan fingerprint density at radius 3 is 2.63 bits per heavy atom. The molecular formula is C18H25N. The van der Waals surface area contributed by atoms with Gasteiger partial charge in [0.2, 0.25) is 0 Å². The summed E-state index contributed by atoms with van der Waals surface area (Å²) in [5, 5.41) is 3.94. The van der Waals surface area contributed by atoms with E-state index in [-0.39, 0.29) is 0 Å². The third kappa shape index (κ3) is 1.94. The lowest BCUT2D eigenvalue weighted by Crippen LogP contribution is -2.40. The summed E-state index contributed by atoms with van der Waals surface area (Å²) in [6.07, 6.45) is 7.53. The van der Waals surface area contributed by atoms with E-state index >= 15 is 0 Å². The van der Waals surface area contributed by atoms with Gasteiger partial charge < -0.3 is 5.32 Å². The molecule has 3 aliphatic rings. The van der Waals surface area contributed by atoms with Gasteiger partial charge in [0.1, 0.15) is 0 Å². The molecule has 2 bridgehead atoms. The maximum Gasteiger partial charge on any atom is 0.0294 e. The lowest BCUT2D eigenvalue weighted by Gasteiger charge is -2.34. The van der Waals surface area contributed by atoms with Crippen molar-refractivity contribution in [1.82, 2.24) is 5.32 Å². The Bertz CT molecular complexity index is 440. The van der Waals surface area contributed by atoms with Gasteiger partial charge in [-0.3, -0.25) is 0 Å². The molecule has 3 saturated carbocycles. The quantitative estimate of drug-likeness (QED) is 0.855. The number of rotatable bonds is 3. The van der Waals surface area contributed by atoms with Gasteiger partial charge in [-0.15, -0.1) is 0 Å². The lowest BCUT2D eigenvalue weighted by atomic mass is 9.79. The van der Waals surface area contributed by atoms with Gasteiger partial charge >= 0.3 is 0 Å². The lowest BCUT2D eigenvalue weighted by molar-refractivity contribution is 0.200. The number of benzene rings is 1. The van der Waals surface area contributed by atoms with E-state index in [0.717, 1.165) is 29.7 Å². The average molecular weight is 255 g/mol. The molecule has 1 nitrogen and oxygen atoms in total. The summed E-state index contributed by atoms with van der Waals surface area (Å²) in [7, 11) is 0. The third-order valence-corrected chi connectivity index (χ3v) is 6.19. The molecule has 1 heteroatoms. The van der Waals surface area contributed by atoms with Crippen LogP contribution in [0.5, 0.6) is 0 Å². The fourth-order valence-corrected chi connectivity index (χ4v) is 5.42. The first kappa shape index (κ1) is 12.0. The Morgan fingerprint density at radius 2 is 1.79 bits per heavy atom. The monoisotopic (exact) mass is 255 g/mol. The van der Waals surface area contributed by atoms with E-state index in [1.165, 1.54) is 37.7 Å². The smallest absolute Gasteiger partial charge is 0.0294 e. The van der Waals surface area contributed by atoms with Crippen LogP contribution in [0.4, 0.5) is 0 Å². The second-order valence-corrected chi connectivity index (χ2v) is 7.06.